The Balaban J connectivity index is 1.43. The maximum Gasteiger partial charge on any atom is 0.254 e. The minimum absolute atomic E-state index is 0.0291. The molecular formula is C21H18N4O2. The van der Waals surface area contributed by atoms with Crippen molar-refractivity contribution in [1.29, 1.82) is 0 Å². The Hall–Kier alpha value is -3.59. The predicted octanol–water partition coefficient (Wildman–Crippen LogP) is 3.67. The zero-order valence-corrected chi connectivity index (χ0v) is 14.7. The van der Waals surface area contributed by atoms with E-state index in [1.54, 1.807) is 6.07 Å². The van der Waals surface area contributed by atoms with Gasteiger partial charge in [0.25, 0.3) is 5.91 Å². The lowest BCUT2D eigenvalue weighted by molar-refractivity contribution is 0.0706. The quantitative estimate of drug-likeness (QED) is 0.669. The topological polar surface area (TPSA) is 51.7 Å². The molecule has 134 valence electrons. The molecule has 0 aliphatic carbocycles. The highest BCUT2D eigenvalue weighted by atomic mass is 16.5. The highest BCUT2D eigenvalue weighted by molar-refractivity contribution is 5.94. The smallest absolute Gasteiger partial charge is 0.254 e. The van der Waals surface area contributed by atoms with Gasteiger partial charge < -0.3 is 9.64 Å². The van der Waals surface area contributed by atoms with Crippen molar-refractivity contribution < 1.29 is 9.53 Å². The second kappa shape index (κ2) is 7.34. The predicted molar refractivity (Wildman–Crippen MR) is 100 cm³/mol. The highest BCUT2D eigenvalue weighted by Gasteiger charge is 2.23. The van der Waals surface area contributed by atoms with Gasteiger partial charge in [0.05, 0.1) is 25.4 Å². The monoisotopic (exact) mass is 358 g/mol. The fourth-order valence-corrected chi connectivity index (χ4v) is 3.12. The van der Waals surface area contributed by atoms with Crippen molar-refractivity contribution in [3.8, 4) is 5.88 Å². The van der Waals surface area contributed by atoms with Gasteiger partial charge in [-0.3, -0.25) is 9.48 Å². The van der Waals surface area contributed by atoms with Crippen LogP contribution in [0.15, 0.2) is 60.7 Å². The Morgan fingerprint density at radius 3 is 2.78 bits per heavy atom. The van der Waals surface area contributed by atoms with E-state index in [2.05, 4.69) is 9.94 Å². The molecule has 1 aliphatic heterocycles. The number of hydrogen-bond acceptors (Lipinski definition) is 3. The van der Waals surface area contributed by atoms with E-state index < -0.39 is 0 Å². The third-order valence-electron chi connectivity index (χ3n) is 4.51. The summed E-state index contributed by atoms with van der Waals surface area (Å²) in [6, 6.07) is 18.5. The molecule has 0 atom stereocenters. The number of amides is 1. The van der Waals surface area contributed by atoms with Crippen molar-refractivity contribution in [2.24, 2.45) is 0 Å². The summed E-state index contributed by atoms with van der Waals surface area (Å²) in [4.78, 5) is 17.9. The molecule has 1 aliphatic rings. The highest BCUT2D eigenvalue weighted by Crippen LogP contribution is 2.21. The van der Waals surface area contributed by atoms with Gasteiger partial charge in [-0.1, -0.05) is 36.4 Å². The van der Waals surface area contributed by atoms with Crippen molar-refractivity contribution in [3.63, 3.8) is 0 Å². The van der Waals surface area contributed by atoms with Crippen LogP contribution >= 0.6 is 0 Å². The van der Waals surface area contributed by atoms with Crippen molar-refractivity contribution >= 4 is 11.6 Å². The van der Waals surface area contributed by atoms with E-state index in [0.717, 1.165) is 11.3 Å². The molecule has 2 heterocycles. The molecule has 27 heavy (non-hydrogen) atoms. The average molecular weight is 358 g/mol. The molecule has 0 radical (unpaired) electrons. The SMILES string of the molecule is [C-]#[N+]c1cccc(COc2cc3n(n2)CCN(C(=O)c2ccccc2)C3)c1. The number of aromatic nitrogens is 2. The summed E-state index contributed by atoms with van der Waals surface area (Å²) < 4.78 is 7.67. The summed E-state index contributed by atoms with van der Waals surface area (Å²) in [6.07, 6.45) is 0. The fourth-order valence-electron chi connectivity index (χ4n) is 3.12. The molecule has 2 aromatic carbocycles. The number of benzene rings is 2. The minimum atomic E-state index is 0.0291. The molecule has 0 bridgehead atoms. The van der Waals surface area contributed by atoms with E-state index in [1.165, 1.54) is 0 Å². The number of rotatable bonds is 4. The van der Waals surface area contributed by atoms with Gasteiger partial charge in [-0.2, -0.15) is 0 Å². The molecular weight excluding hydrogens is 340 g/mol. The minimum Gasteiger partial charge on any atom is -0.472 e. The van der Waals surface area contributed by atoms with Gasteiger partial charge in [0.1, 0.15) is 6.61 Å². The third kappa shape index (κ3) is 3.67. The number of nitrogens with zero attached hydrogens (tertiary/aromatic N) is 4. The van der Waals surface area contributed by atoms with Crippen LogP contribution in [0.3, 0.4) is 0 Å². The summed E-state index contributed by atoms with van der Waals surface area (Å²) >= 11 is 0. The van der Waals surface area contributed by atoms with Crippen LogP contribution in [-0.2, 0) is 19.7 Å². The van der Waals surface area contributed by atoms with Crippen LogP contribution in [0.5, 0.6) is 5.88 Å². The lowest BCUT2D eigenvalue weighted by atomic mass is 10.2. The lowest BCUT2D eigenvalue weighted by Gasteiger charge is -2.27. The second-order valence-electron chi connectivity index (χ2n) is 6.36. The van der Waals surface area contributed by atoms with Gasteiger partial charge >= 0.3 is 0 Å². The van der Waals surface area contributed by atoms with Crippen LogP contribution in [0.25, 0.3) is 4.85 Å². The first-order valence-electron chi connectivity index (χ1n) is 8.73. The fraction of sp³-hybridized carbons (Fsp3) is 0.190. The Morgan fingerprint density at radius 2 is 1.96 bits per heavy atom. The Kier molecular flexibility index (Phi) is 4.58. The van der Waals surface area contributed by atoms with E-state index in [4.69, 9.17) is 11.3 Å². The van der Waals surface area contributed by atoms with Crippen LogP contribution in [0.2, 0.25) is 0 Å². The number of ether oxygens (including phenoxy) is 1. The summed E-state index contributed by atoms with van der Waals surface area (Å²) in [6.45, 7) is 9.21. The van der Waals surface area contributed by atoms with Crippen LogP contribution in [0.4, 0.5) is 5.69 Å². The van der Waals surface area contributed by atoms with E-state index >= 15 is 0 Å². The summed E-state index contributed by atoms with van der Waals surface area (Å²) in [5, 5.41) is 4.47. The zero-order valence-electron chi connectivity index (χ0n) is 14.7. The molecule has 1 amide bonds. The second-order valence-corrected chi connectivity index (χ2v) is 6.36. The normalized spacial score (nSPS) is 12.9. The van der Waals surface area contributed by atoms with E-state index in [9.17, 15) is 4.79 Å². The van der Waals surface area contributed by atoms with E-state index in [0.29, 0.717) is 43.4 Å². The largest absolute Gasteiger partial charge is 0.472 e. The van der Waals surface area contributed by atoms with Gasteiger partial charge in [-0.05, 0) is 23.8 Å². The molecule has 0 saturated heterocycles. The molecule has 6 nitrogen and oxygen atoms in total. The molecule has 0 N–H and O–H groups in total. The van der Waals surface area contributed by atoms with E-state index in [-0.39, 0.29) is 5.91 Å². The van der Waals surface area contributed by atoms with Crippen LogP contribution in [0.1, 0.15) is 21.6 Å². The standard InChI is InChI=1S/C21H18N4O2/c1-22-18-9-5-6-16(12-18)15-27-20-13-19-14-24(10-11-25(19)23-20)21(26)17-7-3-2-4-8-17/h2-9,12-13H,10-11,14-15H2. The van der Waals surface area contributed by atoms with Crippen LogP contribution < -0.4 is 4.74 Å². The molecule has 0 unspecified atom stereocenters. The van der Waals surface area contributed by atoms with Crippen molar-refractivity contribution in [1.82, 2.24) is 14.7 Å². The first-order valence-corrected chi connectivity index (χ1v) is 8.73. The number of carbonyl (C=O) groups is 1. The van der Waals surface area contributed by atoms with Crippen molar-refractivity contribution in [3.05, 3.63) is 88.9 Å². The van der Waals surface area contributed by atoms with Gasteiger partial charge in [-0.15, -0.1) is 5.10 Å². The molecule has 1 aromatic heterocycles. The average Bonchev–Trinajstić information content (AvgIpc) is 3.14. The summed E-state index contributed by atoms with van der Waals surface area (Å²) in [7, 11) is 0. The molecule has 4 rings (SSSR count). The zero-order chi connectivity index (χ0) is 18.6. The summed E-state index contributed by atoms with van der Waals surface area (Å²) in [5.41, 5.74) is 3.17. The molecule has 3 aromatic rings. The van der Waals surface area contributed by atoms with Gasteiger partial charge in [0.15, 0.2) is 5.69 Å². The summed E-state index contributed by atoms with van der Waals surface area (Å²) in [5.74, 6) is 0.564. The maximum atomic E-state index is 12.6. The Bertz CT molecular complexity index is 1000. The van der Waals surface area contributed by atoms with Gasteiger partial charge in [-0.25, -0.2) is 4.85 Å². The number of fused-ring (bicyclic) bond motifs is 1. The van der Waals surface area contributed by atoms with E-state index in [1.807, 2.05) is 64.2 Å². The lowest BCUT2D eigenvalue weighted by Crippen LogP contribution is -2.38. The first kappa shape index (κ1) is 16.9. The first-order chi connectivity index (χ1) is 13.2. The number of hydrogen-bond donors (Lipinski definition) is 0. The third-order valence-corrected chi connectivity index (χ3v) is 4.51. The number of carbonyl (C=O) groups excluding carboxylic acids is 1. The van der Waals surface area contributed by atoms with Crippen LogP contribution in [-0.4, -0.2) is 27.1 Å². The molecule has 0 saturated carbocycles. The Morgan fingerprint density at radius 1 is 1.11 bits per heavy atom. The van der Waals surface area contributed by atoms with Crippen LogP contribution in [0, 0.1) is 6.57 Å². The van der Waals surface area contributed by atoms with Gasteiger partial charge in [0, 0.05) is 18.2 Å². The van der Waals surface area contributed by atoms with Crippen molar-refractivity contribution in [2.45, 2.75) is 19.7 Å². The molecule has 0 fully saturated rings. The molecule has 0 spiro atoms. The molecule has 6 heteroatoms. The Labute approximate surface area is 157 Å². The maximum absolute atomic E-state index is 12.6. The van der Waals surface area contributed by atoms with Crippen molar-refractivity contribution in [2.75, 3.05) is 6.54 Å². The van der Waals surface area contributed by atoms with Gasteiger partial charge in [0.2, 0.25) is 5.88 Å².